The Labute approximate surface area is 179 Å². The predicted molar refractivity (Wildman–Crippen MR) is 114 cm³/mol. The van der Waals surface area contributed by atoms with Gasteiger partial charge < -0.3 is 14.2 Å². The molecule has 2 aliphatic rings. The lowest BCUT2D eigenvalue weighted by molar-refractivity contribution is -0.130. The summed E-state index contributed by atoms with van der Waals surface area (Å²) in [4.78, 5) is 21.6. The predicted octanol–water partition coefficient (Wildman–Crippen LogP) is 1.59. The number of hydrogen-bond acceptors (Lipinski definition) is 7. The molecule has 166 valence electrons. The Balaban J connectivity index is 1.56. The molecular weight excluding hydrogens is 405 g/mol. The molecule has 1 amide bonds. The first kappa shape index (κ1) is 23.2. The molecule has 3 rings (SSSR count). The van der Waals surface area contributed by atoms with E-state index in [-0.39, 0.29) is 16.8 Å². The maximum Gasteiger partial charge on any atom is 0.498 e. The molecule has 1 atom stereocenters. The highest BCUT2D eigenvalue weighted by molar-refractivity contribution is 7.91. The molecule has 10 heteroatoms. The van der Waals surface area contributed by atoms with Crippen molar-refractivity contribution in [2.45, 2.75) is 76.7 Å². The van der Waals surface area contributed by atoms with Crippen LogP contribution in [0.4, 0.5) is 0 Å². The number of piperidine rings is 1. The summed E-state index contributed by atoms with van der Waals surface area (Å²) in [6.45, 7) is 10.9. The number of nitrogens with zero attached hydrogens (tertiary/aromatic N) is 3. The number of sulfone groups is 1. The summed E-state index contributed by atoms with van der Waals surface area (Å²) in [5.74, 6) is 0.437. The third-order valence-electron chi connectivity index (χ3n) is 6.44. The van der Waals surface area contributed by atoms with E-state index in [9.17, 15) is 13.2 Å². The van der Waals surface area contributed by atoms with Crippen molar-refractivity contribution in [3.05, 3.63) is 12.4 Å². The lowest BCUT2D eigenvalue weighted by atomic mass is 9.81. The summed E-state index contributed by atoms with van der Waals surface area (Å²) in [5.41, 5.74) is -0.377. The molecule has 1 aromatic rings. The van der Waals surface area contributed by atoms with Crippen LogP contribution in [0.3, 0.4) is 0 Å². The van der Waals surface area contributed by atoms with Crippen LogP contribution in [0.25, 0.3) is 0 Å². The highest BCUT2D eigenvalue weighted by Gasteiger charge is 2.52. The number of hydrogen-bond donors (Lipinski definition) is 0. The van der Waals surface area contributed by atoms with Gasteiger partial charge in [-0.25, -0.2) is 18.4 Å². The molecule has 0 saturated carbocycles. The Morgan fingerprint density at radius 2 is 1.80 bits per heavy atom. The summed E-state index contributed by atoms with van der Waals surface area (Å²) >= 11 is 0. The maximum atomic E-state index is 12.6. The quantitative estimate of drug-likeness (QED) is 0.492. The minimum Gasteiger partial charge on any atom is -0.399 e. The summed E-state index contributed by atoms with van der Waals surface area (Å²) in [7, 11) is -4.18. The highest BCUT2D eigenvalue weighted by Crippen LogP contribution is 2.36. The van der Waals surface area contributed by atoms with Gasteiger partial charge in [0.15, 0.2) is 0 Å². The van der Waals surface area contributed by atoms with Gasteiger partial charge in [-0.2, -0.15) is 0 Å². The van der Waals surface area contributed by atoms with Crippen LogP contribution in [0.2, 0.25) is 0 Å². The van der Waals surface area contributed by atoms with Crippen molar-refractivity contribution >= 4 is 28.3 Å². The second-order valence-corrected chi connectivity index (χ2v) is 11.3. The molecule has 3 heterocycles. The first-order chi connectivity index (χ1) is 13.9. The van der Waals surface area contributed by atoms with E-state index in [4.69, 9.17) is 9.31 Å². The zero-order chi connectivity index (χ0) is 22.2. The van der Waals surface area contributed by atoms with Crippen molar-refractivity contribution in [1.29, 1.82) is 0 Å². The van der Waals surface area contributed by atoms with Crippen molar-refractivity contribution in [3.8, 4) is 0 Å². The second kappa shape index (κ2) is 8.55. The van der Waals surface area contributed by atoms with E-state index in [1.165, 1.54) is 12.4 Å². The minimum atomic E-state index is -3.56. The Morgan fingerprint density at radius 3 is 2.37 bits per heavy atom. The van der Waals surface area contributed by atoms with Crippen LogP contribution < -0.4 is 5.46 Å². The molecule has 30 heavy (non-hydrogen) atoms. The Bertz CT molecular complexity index is 857. The van der Waals surface area contributed by atoms with Gasteiger partial charge in [-0.3, -0.25) is 4.79 Å². The molecule has 0 aliphatic carbocycles. The molecule has 1 aromatic heterocycles. The third-order valence-corrected chi connectivity index (χ3v) is 8.03. The van der Waals surface area contributed by atoms with Crippen molar-refractivity contribution in [2.75, 3.05) is 18.8 Å². The Kier molecular flexibility index (Phi) is 6.60. The summed E-state index contributed by atoms with van der Waals surface area (Å²) in [6.07, 6.45) is 6.24. The Hall–Kier alpha value is -1.52. The standard InChI is InChI=1S/C20H32BN3O5S/c1-15(25)24-10-6-8-16(14-24)9-7-11-30(26,27)18-22-12-17(13-23-18)21-28-19(2,3)20(4,5)29-21/h12-13,16H,6-11,14H2,1-5H3. The van der Waals surface area contributed by atoms with E-state index in [0.717, 1.165) is 25.8 Å². The smallest absolute Gasteiger partial charge is 0.399 e. The van der Waals surface area contributed by atoms with Gasteiger partial charge in [0, 0.05) is 37.9 Å². The summed E-state index contributed by atoms with van der Waals surface area (Å²) < 4.78 is 37.2. The normalized spacial score (nSPS) is 23.6. The van der Waals surface area contributed by atoms with Crippen LogP contribution in [-0.4, -0.2) is 66.4 Å². The van der Waals surface area contributed by atoms with Gasteiger partial charge in [-0.15, -0.1) is 0 Å². The first-order valence-electron chi connectivity index (χ1n) is 10.6. The maximum absolute atomic E-state index is 12.6. The number of rotatable bonds is 6. The molecule has 8 nitrogen and oxygen atoms in total. The monoisotopic (exact) mass is 437 g/mol. The van der Waals surface area contributed by atoms with E-state index in [2.05, 4.69) is 9.97 Å². The fourth-order valence-electron chi connectivity index (χ4n) is 3.83. The van der Waals surface area contributed by atoms with E-state index in [0.29, 0.717) is 24.3 Å². The van der Waals surface area contributed by atoms with E-state index in [1.807, 2.05) is 32.6 Å². The molecule has 2 saturated heterocycles. The number of carbonyl (C=O) groups excluding carboxylic acids is 1. The lowest BCUT2D eigenvalue weighted by Crippen LogP contribution is -2.41. The Morgan fingerprint density at radius 1 is 1.20 bits per heavy atom. The van der Waals surface area contributed by atoms with Crippen LogP contribution in [0.15, 0.2) is 17.6 Å². The van der Waals surface area contributed by atoms with Gasteiger partial charge in [0.2, 0.25) is 20.9 Å². The molecule has 0 aromatic carbocycles. The van der Waals surface area contributed by atoms with Crippen LogP contribution in [0.1, 0.15) is 60.3 Å². The molecule has 0 N–H and O–H groups in total. The number of likely N-dealkylation sites (tertiary alicyclic amines) is 1. The molecule has 0 spiro atoms. The van der Waals surface area contributed by atoms with Crippen molar-refractivity contribution in [1.82, 2.24) is 14.9 Å². The number of amides is 1. The lowest BCUT2D eigenvalue weighted by Gasteiger charge is -2.32. The fraction of sp³-hybridized carbons (Fsp3) is 0.750. The van der Waals surface area contributed by atoms with Crippen molar-refractivity contribution in [3.63, 3.8) is 0 Å². The molecule has 2 fully saturated rings. The second-order valence-electron chi connectivity index (χ2n) is 9.32. The topological polar surface area (TPSA) is 98.7 Å². The summed E-state index contributed by atoms with van der Waals surface area (Å²) in [5, 5.41) is -0.170. The number of carbonyl (C=O) groups is 1. The van der Waals surface area contributed by atoms with Crippen molar-refractivity contribution in [2.24, 2.45) is 5.92 Å². The van der Waals surface area contributed by atoms with Gasteiger partial charge in [0.1, 0.15) is 0 Å². The van der Waals surface area contributed by atoms with Crippen LogP contribution in [0, 0.1) is 5.92 Å². The van der Waals surface area contributed by atoms with E-state index < -0.39 is 28.2 Å². The molecule has 2 aliphatic heterocycles. The zero-order valence-corrected chi connectivity index (χ0v) is 19.4. The van der Waals surface area contributed by atoms with E-state index in [1.54, 1.807) is 6.92 Å². The average molecular weight is 437 g/mol. The molecule has 0 radical (unpaired) electrons. The largest absolute Gasteiger partial charge is 0.498 e. The number of aromatic nitrogens is 2. The fourth-order valence-corrected chi connectivity index (χ4v) is 4.98. The van der Waals surface area contributed by atoms with Crippen LogP contribution in [0.5, 0.6) is 0 Å². The van der Waals surface area contributed by atoms with Gasteiger partial charge in [-0.1, -0.05) is 0 Å². The van der Waals surface area contributed by atoms with E-state index >= 15 is 0 Å². The van der Waals surface area contributed by atoms with Gasteiger partial charge in [0.05, 0.1) is 17.0 Å². The van der Waals surface area contributed by atoms with Gasteiger partial charge >= 0.3 is 7.12 Å². The van der Waals surface area contributed by atoms with Gasteiger partial charge in [-0.05, 0) is 59.3 Å². The zero-order valence-electron chi connectivity index (χ0n) is 18.6. The molecule has 0 bridgehead atoms. The van der Waals surface area contributed by atoms with Crippen LogP contribution >= 0.6 is 0 Å². The van der Waals surface area contributed by atoms with Crippen LogP contribution in [-0.2, 0) is 23.9 Å². The van der Waals surface area contributed by atoms with Gasteiger partial charge in [0.25, 0.3) is 0 Å². The highest BCUT2D eigenvalue weighted by atomic mass is 32.2. The third kappa shape index (κ3) is 5.03. The average Bonchev–Trinajstić information content (AvgIpc) is 2.89. The minimum absolute atomic E-state index is 0.000586. The molecule has 1 unspecified atom stereocenters. The van der Waals surface area contributed by atoms with Crippen molar-refractivity contribution < 1.29 is 22.5 Å². The summed E-state index contributed by atoms with van der Waals surface area (Å²) in [6, 6.07) is 0. The molecular formula is C20H32BN3O5S. The SMILES string of the molecule is CC(=O)N1CCCC(CCCS(=O)(=O)c2ncc(B3OC(C)(C)C(C)(C)O3)cn2)C1. The first-order valence-corrected chi connectivity index (χ1v) is 12.2.